The third-order valence-electron chi connectivity index (χ3n) is 0.828. The van der Waals surface area contributed by atoms with E-state index in [1.807, 2.05) is 0 Å². The first-order valence-corrected chi connectivity index (χ1v) is 4.29. The first-order chi connectivity index (χ1) is 4.91. The van der Waals surface area contributed by atoms with Crippen molar-refractivity contribution in [1.29, 1.82) is 0 Å². The first kappa shape index (κ1) is 9.28. The van der Waals surface area contributed by atoms with Gasteiger partial charge in [-0.05, 0) is 15.9 Å². The number of rotatable bonds is 0. The second-order valence-electron chi connectivity index (χ2n) is 1.59. The van der Waals surface area contributed by atoms with Crippen molar-refractivity contribution in [2.75, 3.05) is 0 Å². The fourth-order valence-electron chi connectivity index (χ4n) is 0.452. The molecule has 0 aliphatic rings. The monoisotopic (exact) mass is 265 g/mol. The smallest absolute Gasteiger partial charge is 0.219 e. The van der Waals surface area contributed by atoms with E-state index in [2.05, 4.69) is 20.9 Å². The molecule has 1 heterocycles. The van der Waals surface area contributed by atoms with E-state index in [4.69, 9.17) is 11.6 Å². The van der Waals surface area contributed by atoms with Crippen LogP contribution in [0.15, 0.2) is 3.79 Å². The summed E-state index contributed by atoms with van der Waals surface area (Å²) in [5.41, 5.74) is -0.965. The molecule has 0 spiro atoms. The number of hydrogen-bond donors (Lipinski definition) is 0. The summed E-state index contributed by atoms with van der Waals surface area (Å²) >= 11 is 8.70. The summed E-state index contributed by atoms with van der Waals surface area (Å²) in [5, 5.41) is 0. The van der Waals surface area contributed by atoms with Crippen LogP contribution in [-0.2, 0) is 6.18 Å². The minimum atomic E-state index is -4.43. The molecule has 0 amide bonds. The lowest BCUT2D eigenvalue weighted by atomic mass is 10.5. The molecule has 0 aliphatic carbocycles. The third kappa shape index (κ3) is 2.07. The highest BCUT2D eigenvalue weighted by Gasteiger charge is 2.36. The van der Waals surface area contributed by atoms with Gasteiger partial charge in [0, 0.05) is 0 Å². The van der Waals surface area contributed by atoms with Gasteiger partial charge in [0.1, 0.15) is 3.79 Å². The van der Waals surface area contributed by atoms with Gasteiger partial charge < -0.3 is 0 Å². The highest BCUT2D eigenvalue weighted by molar-refractivity contribution is 9.11. The summed E-state index contributed by atoms with van der Waals surface area (Å²) in [5.74, 6) is 0. The van der Waals surface area contributed by atoms with Crippen LogP contribution in [0.1, 0.15) is 5.69 Å². The van der Waals surface area contributed by atoms with Gasteiger partial charge in [0.05, 0.1) is 0 Å². The molecule has 0 bridgehead atoms. The molecule has 0 N–H and O–H groups in total. The van der Waals surface area contributed by atoms with Crippen LogP contribution in [0.2, 0.25) is 4.47 Å². The largest absolute Gasteiger partial charge is 0.435 e. The van der Waals surface area contributed by atoms with E-state index in [1.54, 1.807) is 0 Å². The number of aromatic nitrogens is 1. The average Bonchev–Trinajstić information content (AvgIpc) is 2.08. The Balaban J connectivity index is 3.13. The second-order valence-corrected chi connectivity index (χ2v) is 4.49. The van der Waals surface area contributed by atoms with Crippen LogP contribution in [0.4, 0.5) is 13.2 Å². The van der Waals surface area contributed by atoms with Crippen molar-refractivity contribution < 1.29 is 13.2 Å². The molecule has 0 radical (unpaired) electrons. The minimum Gasteiger partial charge on any atom is -0.219 e. The van der Waals surface area contributed by atoms with Crippen molar-refractivity contribution in [1.82, 2.24) is 4.98 Å². The van der Waals surface area contributed by atoms with E-state index in [1.165, 1.54) is 0 Å². The molecule has 0 fully saturated rings. The van der Waals surface area contributed by atoms with Crippen LogP contribution in [0, 0.1) is 0 Å². The summed E-state index contributed by atoms with van der Waals surface area (Å²) < 4.78 is 35.5. The van der Waals surface area contributed by atoms with Gasteiger partial charge in [-0.3, -0.25) is 0 Å². The third-order valence-corrected chi connectivity index (χ3v) is 2.64. The number of halogens is 5. The molecule has 1 aromatic rings. The Morgan fingerprint density at radius 3 is 2.18 bits per heavy atom. The van der Waals surface area contributed by atoms with Crippen molar-refractivity contribution in [2.24, 2.45) is 0 Å². The maximum atomic E-state index is 11.9. The van der Waals surface area contributed by atoms with Crippen LogP contribution in [0.25, 0.3) is 0 Å². The zero-order valence-electron chi connectivity index (χ0n) is 4.75. The number of alkyl halides is 3. The molecular formula is C4BrClF3NS. The van der Waals surface area contributed by atoms with Crippen LogP contribution < -0.4 is 0 Å². The molecule has 1 rings (SSSR count). The maximum Gasteiger partial charge on any atom is 0.435 e. The SMILES string of the molecule is FC(F)(F)c1nc(Cl)sc1Br. The zero-order chi connectivity index (χ0) is 8.65. The molecule has 0 saturated carbocycles. The normalized spacial score (nSPS) is 12.1. The Kier molecular flexibility index (Phi) is 2.46. The van der Waals surface area contributed by atoms with Gasteiger partial charge in [-0.15, -0.1) is 0 Å². The minimum absolute atomic E-state index is 0.0880. The highest BCUT2D eigenvalue weighted by Crippen LogP contribution is 2.38. The summed E-state index contributed by atoms with van der Waals surface area (Å²) in [4.78, 5) is 3.09. The van der Waals surface area contributed by atoms with Gasteiger partial charge in [-0.2, -0.15) is 13.2 Å². The lowest BCUT2D eigenvalue weighted by Gasteiger charge is -2.00. The van der Waals surface area contributed by atoms with Crippen molar-refractivity contribution in [3.63, 3.8) is 0 Å². The Morgan fingerprint density at radius 1 is 1.45 bits per heavy atom. The molecule has 0 unspecified atom stereocenters. The molecular weight excluding hydrogens is 266 g/mol. The highest BCUT2D eigenvalue weighted by atomic mass is 79.9. The topological polar surface area (TPSA) is 12.9 Å². The maximum absolute atomic E-state index is 11.9. The zero-order valence-corrected chi connectivity index (χ0v) is 7.90. The Hall–Kier alpha value is 0.190. The average molecular weight is 266 g/mol. The van der Waals surface area contributed by atoms with Crippen LogP contribution in [0.5, 0.6) is 0 Å². The Bertz CT molecular complexity index is 271. The summed E-state index contributed by atoms with van der Waals surface area (Å²) in [7, 11) is 0. The van der Waals surface area contributed by atoms with Gasteiger partial charge in [-0.25, -0.2) is 4.98 Å². The van der Waals surface area contributed by atoms with Crippen LogP contribution >= 0.6 is 38.9 Å². The molecule has 62 valence electrons. The predicted molar refractivity (Wildman–Crippen MR) is 39.8 cm³/mol. The molecule has 1 aromatic heterocycles. The fourth-order valence-corrected chi connectivity index (χ4v) is 2.36. The van der Waals surface area contributed by atoms with Crippen molar-refractivity contribution in [3.8, 4) is 0 Å². The number of thiazole rings is 1. The van der Waals surface area contributed by atoms with E-state index in [0.29, 0.717) is 0 Å². The Morgan fingerprint density at radius 2 is 2.00 bits per heavy atom. The summed E-state index contributed by atoms with van der Waals surface area (Å²) in [6, 6.07) is 0. The second kappa shape index (κ2) is 2.91. The molecule has 1 nitrogen and oxygen atoms in total. The number of hydrogen-bond acceptors (Lipinski definition) is 2. The molecule has 0 atom stereocenters. The Labute approximate surface area is 77.3 Å². The standard InChI is InChI=1S/C4BrClF3NS/c5-2-1(4(7,8)9)10-3(6)11-2. The van der Waals surface area contributed by atoms with E-state index < -0.39 is 11.9 Å². The quantitative estimate of drug-likeness (QED) is 0.699. The molecule has 0 aliphatic heterocycles. The van der Waals surface area contributed by atoms with Crippen LogP contribution in [0.3, 0.4) is 0 Å². The predicted octanol–water partition coefficient (Wildman–Crippen LogP) is 3.58. The van der Waals surface area contributed by atoms with Gasteiger partial charge in [0.2, 0.25) is 0 Å². The van der Waals surface area contributed by atoms with E-state index in [-0.39, 0.29) is 8.25 Å². The van der Waals surface area contributed by atoms with Crippen molar-refractivity contribution >= 4 is 38.9 Å². The van der Waals surface area contributed by atoms with Gasteiger partial charge in [-0.1, -0.05) is 22.9 Å². The molecule has 11 heavy (non-hydrogen) atoms. The van der Waals surface area contributed by atoms with E-state index >= 15 is 0 Å². The summed E-state index contributed by atoms with van der Waals surface area (Å²) in [6.07, 6.45) is -4.43. The van der Waals surface area contributed by atoms with Gasteiger partial charge in [0.15, 0.2) is 10.2 Å². The van der Waals surface area contributed by atoms with Gasteiger partial charge >= 0.3 is 6.18 Å². The van der Waals surface area contributed by atoms with Gasteiger partial charge in [0.25, 0.3) is 0 Å². The summed E-state index contributed by atoms with van der Waals surface area (Å²) in [6.45, 7) is 0. The van der Waals surface area contributed by atoms with Crippen molar-refractivity contribution in [3.05, 3.63) is 13.9 Å². The molecule has 0 aromatic carbocycles. The lowest BCUT2D eigenvalue weighted by Crippen LogP contribution is -2.05. The van der Waals surface area contributed by atoms with Crippen LogP contribution in [-0.4, -0.2) is 4.98 Å². The fraction of sp³-hybridized carbons (Fsp3) is 0.250. The first-order valence-electron chi connectivity index (χ1n) is 2.30. The molecule has 0 saturated heterocycles. The van der Waals surface area contributed by atoms with Crippen molar-refractivity contribution in [2.45, 2.75) is 6.18 Å². The van der Waals surface area contributed by atoms with E-state index in [9.17, 15) is 13.2 Å². The molecule has 7 heteroatoms. The lowest BCUT2D eigenvalue weighted by molar-refractivity contribution is -0.141. The number of nitrogens with zero attached hydrogens (tertiary/aromatic N) is 1. The van der Waals surface area contributed by atoms with E-state index in [0.717, 1.165) is 11.3 Å².